The van der Waals surface area contributed by atoms with Gasteiger partial charge in [0.05, 0.1) is 25.6 Å². The molecule has 25 heavy (non-hydrogen) atoms. The van der Waals surface area contributed by atoms with Crippen LogP contribution in [0, 0.1) is 0 Å². The zero-order chi connectivity index (χ0) is 17.6. The Hall–Kier alpha value is -3.15. The summed E-state index contributed by atoms with van der Waals surface area (Å²) in [6.45, 7) is 2.17. The fourth-order valence-corrected chi connectivity index (χ4v) is 2.65. The first kappa shape index (κ1) is 16.7. The number of carbonyl (C=O) groups is 1. The fraction of sp³-hybridized carbons (Fsp3) is 0.211. The summed E-state index contributed by atoms with van der Waals surface area (Å²) in [5, 5.41) is 4.40. The lowest BCUT2D eigenvalue weighted by atomic mass is 10.0. The molecule has 0 unspecified atom stereocenters. The zero-order valence-electron chi connectivity index (χ0n) is 14.2. The molecule has 0 saturated heterocycles. The largest absolute Gasteiger partial charge is 0.497 e. The van der Waals surface area contributed by atoms with Crippen molar-refractivity contribution in [1.82, 2.24) is 14.8 Å². The number of ether oxygens (including phenoxy) is 2. The maximum atomic E-state index is 11.9. The van der Waals surface area contributed by atoms with Gasteiger partial charge < -0.3 is 9.47 Å². The number of hydrogen-bond donors (Lipinski definition) is 0. The lowest BCUT2D eigenvalue weighted by Gasteiger charge is -2.11. The van der Waals surface area contributed by atoms with Crippen molar-refractivity contribution in [2.75, 3.05) is 13.7 Å². The maximum Gasteiger partial charge on any atom is 0.327 e. The van der Waals surface area contributed by atoms with E-state index in [1.165, 1.54) is 0 Å². The van der Waals surface area contributed by atoms with Crippen LogP contribution in [0.4, 0.5) is 0 Å². The van der Waals surface area contributed by atoms with Gasteiger partial charge in [0.15, 0.2) is 0 Å². The number of pyridine rings is 1. The quantitative estimate of drug-likeness (QED) is 0.646. The van der Waals surface area contributed by atoms with Crippen LogP contribution in [0.5, 0.6) is 5.75 Å². The van der Waals surface area contributed by atoms with Crippen LogP contribution in [0.2, 0.25) is 0 Å². The minimum atomic E-state index is -0.323. The molecule has 0 N–H and O–H groups in total. The highest BCUT2D eigenvalue weighted by Gasteiger charge is 2.17. The molecule has 6 nitrogen and oxygen atoms in total. The third-order valence-electron chi connectivity index (χ3n) is 3.76. The van der Waals surface area contributed by atoms with Crippen molar-refractivity contribution in [1.29, 1.82) is 0 Å². The summed E-state index contributed by atoms with van der Waals surface area (Å²) in [7, 11) is 1.62. The minimum Gasteiger partial charge on any atom is -0.497 e. The predicted octanol–water partition coefficient (Wildman–Crippen LogP) is 3.18. The molecule has 0 bridgehead atoms. The number of esters is 1. The van der Waals surface area contributed by atoms with Gasteiger partial charge in [-0.3, -0.25) is 14.5 Å². The topological polar surface area (TPSA) is 66.2 Å². The van der Waals surface area contributed by atoms with Crippen LogP contribution in [0.1, 0.15) is 6.92 Å². The first-order valence-corrected chi connectivity index (χ1v) is 7.99. The van der Waals surface area contributed by atoms with Gasteiger partial charge in [0, 0.05) is 23.5 Å². The van der Waals surface area contributed by atoms with E-state index in [-0.39, 0.29) is 12.5 Å². The van der Waals surface area contributed by atoms with Gasteiger partial charge >= 0.3 is 5.97 Å². The minimum absolute atomic E-state index is 0.0471. The molecule has 0 fully saturated rings. The van der Waals surface area contributed by atoms with E-state index in [9.17, 15) is 4.79 Å². The van der Waals surface area contributed by atoms with E-state index in [1.807, 2.05) is 36.4 Å². The average Bonchev–Trinajstić information content (AvgIpc) is 3.06. The Kier molecular flexibility index (Phi) is 5.09. The predicted molar refractivity (Wildman–Crippen MR) is 94.1 cm³/mol. The molecular weight excluding hydrogens is 318 g/mol. The van der Waals surface area contributed by atoms with Gasteiger partial charge in [0.25, 0.3) is 0 Å². The van der Waals surface area contributed by atoms with Crippen LogP contribution in [0.25, 0.3) is 22.4 Å². The normalized spacial score (nSPS) is 10.5. The molecule has 0 spiro atoms. The van der Waals surface area contributed by atoms with Crippen molar-refractivity contribution < 1.29 is 14.3 Å². The first-order chi connectivity index (χ1) is 12.2. The lowest BCUT2D eigenvalue weighted by Crippen LogP contribution is -2.15. The second-order valence-electron chi connectivity index (χ2n) is 5.34. The molecule has 0 amide bonds. The summed E-state index contributed by atoms with van der Waals surface area (Å²) in [5.74, 6) is 0.415. The van der Waals surface area contributed by atoms with Crippen LogP contribution in [0.3, 0.4) is 0 Å². The molecule has 0 atom stereocenters. The van der Waals surface area contributed by atoms with Gasteiger partial charge in [-0.05, 0) is 36.8 Å². The Balaban J connectivity index is 2.10. The van der Waals surface area contributed by atoms with Crippen molar-refractivity contribution in [3.63, 3.8) is 0 Å². The number of methoxy groups -OCH3 is 1. The Labute approximate surface area is 146 Å². The van der Waals surface area contributed by atoms with E-state index >= 15 is 0 Å². The van der Waals surface area contributed by atoms with Crippen LogP contribution in [-0.2, 0) is 16.1 Å². The summed E-state index contributed by atoms with van der Waals surface area (Å²) in [6, 6.07) is 11.5. The smallest absolute Gasteiger partial charge is 0.327 e. The molecule has 0 radical (unpaired) electrons. The highest BCUT2D eigenvalue weighted by atomic mass is 16.5. The number of rotatable bonds is 6. The SMILES string of the molecule is CCOC(=O)Cn1ncc(-c2ccncc2)c1-c1cccc(OC)c1. The van der Waals surface area contributed by atoms with E-state index in [1.54, 1.807) is 37.3 Å². The summed E-state index contributed by atoms with van der Waals surface area (Å²) >= 11 is 0. The number of carbonyl (C=O) groups excluding carboxylic acids is 1. The lowest BCUT2D eigenvalue weighted by molar-refractivity contribution is -0.144. The van der Waals surface area contributed by atoms with Crippen LogP contribution < -0.4 is 4.74 Å². The summed E-state index contributed by atoms with van der Waals surface area (Å²) in [5.41, 5.74) is 3.63. The Morgan fingerprint density at radius 1 is 1.16 bits per heavy atom. The van der Waals surface area contributed by atoms with Crippen molar-refractivity contribution in [3.8, 4) is 28.1 Å². The second kappa shape index (κ2) is 7.61. The molecule has 3 rings (SSSR count). The highest BCUT2D eigenvalue weighted by Crippen LogP contribution is 2.33. The Morgan fingerprint density at radius 2 is 1.96 bits per heavy atom. The summed E-state index contributed by atoms with van der Waals surface area (Å²) in [4.78, 5) is 16.0. The van der Waals surface area contributed by atoms with E-state index in [0.717, 1.165) is 28.1 Å². The second-order valence-corrected chi connectivity index (χ2v) is 5.34. The number of hydrogen-bond acceptors (Lipinski definition) is 5. The molecule has 1 aromatic carbocycles. The summed E-state index contributed by atoms with van der Waals surface area (Å²) in [6.07, 6.45) is 5.21. The van der Waals surface area contributed by atoms with Gasteiger partial charge in [0.2, 0.25) is 0 Å². The fourth-order valence-electron chi connectivity index (χ4n) is 2.65. The van der Waals surface area contributed by atoms with Crippen molar-refractivity contribution in [3.05, 3.63) is 55.0 Å². The van der Waals surface area contributed by atoms with Crippen LogP contribution in [-0.4, -0.2) is 34.5 Å². The maximum absolute atomic E-state index is 11.9. The van der Waals surface area contributed by atoms with Gasteiger partial charge in [-0.2, -0.15) is 5.10 Å². The monoisotopic (exact) mass is 337 g/mol. The number of nitrogens with zero attached hydrogens (tertiary/aromatic N) is 3. The van der Waals surface area contributed by atoms with Crippen molar-refractivity contribution in [2.24, 2.45) is 0 Å². The molecule has 3 aromatic rings. The summed E-state index contributed by atoms with van der Waals surface area (Å²) < 4.78 is 12.0. The van der Waals surface area contributed by atoms with Gasteiger partial charge in [0.1, 0.15) is 12.3 Å². The van der Waals surface area contributed by atoms with Gasteiger partial charge in [-0.15, -0.1) is 0 Å². The first-order valence-electron chi connectivity index (χ1n) is 7.99. The van der Waals surface area contributed by atoms with E-state index in [0.29, 0.717) is 6.61 Å². The third-order valence-corrected chi connectivity index (χ3v) is 3.76. The molecule has 2 aromatic heterocycles. The van der Waals surface area contributed by atoms with E-state index in [4.69, 9.17) is 9.47 Å². The Bertz CT molecular complexity index is 859. The van der Waals surface area contributed by atoms with Gasteiger partial charge in [-0.25, -0.2) is 0 Å². The molecule has 0 aliphatic carbocycles. The molecule has 128 valence electrons. The molecule has 2 heterocycles. The van der Waals surface area contributed by atoms with E-state index < -0.39 is 0 Å². The van der Waals surface area contributed by atoms with E-state index in [2.05, 4.69) is 10.1 Å². The van der Waals surface area contributed by atoms with Crippen molar-refractivity contribution in [2.45, 2.75) is 13.5 Å². The van der Waals surface area contributed by atoms with Crippen LogP contribution >= 0.6 is 0 Å². The molecule has 0 saturated carbocycles. The average molecular weight is 337 g/mol. The van der Waals surface area contributed by atoms with Crippen LogP contribution in [0.15, 0.2) is 55.0 Å². The molecular formula is C19H19N3O3. The number of aromatic nitrogens is 3. The standard InChI is InChI=1S/C19H19N3O3/c1-3-25-18(23)13-22-19(15-5-4-6-16(11-15)24-2)17(12-21-22)14-7-9-20-10-8-14/h4-12H,3,13H2,1-2H3. The highest BCUT2D eigenvalue weighted by molar-refractivity contribution is 5.82. The van der Waals surface area contributed by atoms with Gasteiger partial charge in [-0.1, -0.05) is 12.1 Å². The van der Waals surface area contributed by atoms with Crippen molar-refractivity contribution >= 4 is 5.97 Å². The molecule has 6 heteroatoms. The third kappa shape index (κ3) is 3.68. The molecule has 0 aliphatic heterocycles. The number of benzene rings is 1. The Morgan fingerprint density at radius 3 is 2.68 bits per heavy atom. The zero-order valence-corrected chi connectivity index (χ0v) is 14.2. The molecule has 0 aliphatic rings.